The van der Waals surface area contributed by atoms with Crippen LogP contribution in [-0.4, -0.2) is 17.0 Å². The van der Waals surface area contributed by atoms with Gasteiger partial charge in [0.1, 0.15) is 0 Å². The van der Waals surface area contributed by atoms with Crippen molar-refractivity contribution in [3.05, 3.63) is 23.3 Å². The van der Waals surface area contributed by atoms with Crippen molar-refractivity contribution in [1.82, 2.24) is 0 Å². The Balaban J connectivity index is 1.71. The Labute approximate surface area is 140 Å². The van der Waals surface area contributed by atoms with Crippen LogP contribution in [0.5, 0.6) is 0 Å². The van der Waals surface area contributed by atoms with Crippen LogP contribution < -0.4 is 0 Å². The minimum atomic E-state index is -0.230. The third-order valence-electron chi connectivity index (χ3n) is 8.16. The minimum Gasteiger partial charge on any atom is -0.389 e. The topological polar surface area (TPSA) is 37.3 Å². The molecule has 0 heterocycles. The number of ketones is 1. The number of hydrogen-bond donors (Lipinski definition) is 1. The lowest BCUT2D eigenvalue weighted by Crippen LogP contribution is -2.49. The monoisotopic (exact) mass is 314 g/mol. The van der Waals surface area contributed by atoms with E-state index in [0.717, 1.165) is 31.6 Å². The first-order chi connectivity index (χ1) is 10.9. The van der Waals surface area contributed by atoms with Gasteiger partial charge < -0.3 is 5.11 Å². The summed E-state index contributed by atoms with van der Waals surface area (Å²) in [4.78, 5) is 11.9. The van der Waals surface area contributed by atoms with E-state index in [4.69, 9.17) is 0 Å². The highest BCUT2D eigenvalue weighted by Gasteiger charge is 2.59. The van der Waals surface area contributed by atoms with Crippen molar-refractivity contribution >= 4 is 5.78 Å². The Morgan fingerprint density at radius 3 is 2.65 bits per heavy atom. The van der Waals surface area contributed by atoms with Crippen LogP contribution >= 0.6 is 0 Å². The third-order valence-corrected chi connectivity index (χ3v) is 8.16. The zero-order valence-corrected chi connectivity index (χ0v) is 14.8. The molecule has 2 heteroatoms. The summed E-state index contributed by atoms with van der Waals surface area (Å²) in [5.41, 5.74) is 3.17. The Hall–Kier alpha value is -0.890. The number of carbonyl (C=O) groups is 1. The fraction of sp³-hybridized carbons (Fsp3) is 0.762. The van der Waals surface area contributed by atoms with E-state index >= 15 is 0 Å². The minimum absolute atomic E-state index is 0.206. The van der Waals surface area contributed by atoms with E-state index in [1.807, 2.05) is 6.08 Å². The van der Waals surface area contributed by atoms with Gasteiger partial charge in [-0.15, -0.1) is 0 Å². The molecule has 126 valence electrons. The molecular weight excluding hydrogens is 284 g/mol. The van der Waals surface area contributed by atoms with Gasteiger partial charge in [-0.1, -0.05) is 25.5 Å². The largest absolute Gasteiger partial charge is 0.389 e. The van der Waals surface area contributed by atoms with E-state index in [1.54, 1.807) is 0 Å². The predicted molar refractivity (Wildman–Crippen MR) is 91.9 cm³/mol. The predicted octanol–water partition coefficient (Wildman–Crippen LogP) is 4.44. The van der Waals surface area contributed by atoms with Gasteiger partial charge in [-0.25, -0.2) is 0 Å². The van der Waals surface area contributed by atoms with E-state index in [2.05, 4.69) is 26.8 Å². The lowest BCUT2D eigenvalue weighted by Gasteiger charge is -2.57. The van der Waals surface area contributed by atoms with Gasteiger partial charge >= 0.3 is 0 Å². The molecule has 6 atom stereocenters. The molecule has 4 rings (SSSR count). The first-order valence-electron chi connectivity index (χ1n) is 9.49. The molecule has 0 aliphatic heterocycles. The highest BCUT2D eigenvalue weighted by Crippen LogP contribution is 2.66. The molecule has 0 spiro atoms. The first kappa shape index (κ1) is 15.6. The Morgan fingerprint density at radius 2 is 1.91 bits per heavy atom. The van der Waals surface area contributed by atoms with Crippen LogP contribution in [0.2, 0.25) is 0 Å². The van der Waals surface area contributed by atoms with Crippen LogP contribution in [0.1, 0.15) is 65.7 Å². The summed E-state index contributed by atoms with van der Waals surface area (Å²) in [5.74, 6) is 2.39. The maximum atomic E-state index is 11.9. The summed E-state index contributed by atoms with van der Waals surface area (Å²) in [6, 6.07) is 0. The zero-order valence-electron chi connectivity index (χ0n) is 14.8. The van der Waals surface area contributed by atoms with Crippen LogP contribution in [0.25, 0.3) is 0 Å². The summed E-state index contributed by atoms with van der Waals surface area (Å²) in [6.07, 6.45) is 11.4. The van der Waals surface area contributed by atoms with Crippen molar-refractivity contribution in [3.8, 4) is 0 Å². The number of fused-ring (bicyclic) bond motifs is 5. The molecule has 6 unspecified atom stereocenters. The number of hydrogen-bond acceptors (Lipinski definition) is 2. The summed E-state index contributed by atoms with van der Waals surface area (Å²) in [5, 5.41) is 10.6. The van der Waals surface area contributed by atoms with Crippen LogP contribution in [0, 0.1) is 28.6 Å². The molecular formula is C21H30O2. The highest BCUT2D eigenvalue weighted by atomic mass is 16.3. The van der Waals surface area contributed by atoms with Crippen molar-refractivity contribution in [3.63, 3.8) is 0 Å². The maximum absolute atomic E-state index is 11.9. The Morgan fingerprint density at radius 1 is 1.13 bits per heavy atom. The lowest BCUT2D eigenvalue weighted by molar-refractivity contribution is -0.117. The fourth-order valence-electron chi connectivity index (χ4n) is 6.94. The molecule has 0 aromatic heterocycles. The summed E-state index contributed by atoms with van der Waals surface area (Å²) < 4.78 is 0. The molecule has 2 nitrogen and oxygen atoms in total. The number of aliphatic hydroxyl groups excluding tert-OH is 1. The average Bonchev–Trinajstić information content (AvgIpc) is 2.77. The number of carbonyl (C=O) groups excluding carboxylic acids is 1. The van der Waals surface area contributed by atoms with Crippen molar-refractivity contribution in [1.29, 1.82) is 0 Å². The van der Waals surface area contributed by atoms with Gasteiger partial charge in [0.2, 0.25) is 0 Å². The lowest BCUT2D eigenvalue weighted by atomic mass is 9.47. The smallest absolute Gasteiger partial charge is 0.155 e. The molecule has 0 bridgehead atoms. The Bertz CT molecular complexity index is 601. The second-order valence-electron chi connectivity index (χ2n) is 8.92. The van der Waals surface area contributed by atoms with Crippen molar-refractivity contribution < 1.29 is 9.90 Å². The van der Waals surface area contributed by atoms with Crippen molar-refractivity contribution in [2.45, 2.75) is 71.8 Å². The van der Waals surface area contributed by atoms with Gasteiger partial charge in [0.05, 0.1) is 6.10 Å². The van der Waals surface area contributed by atoms with Gasteiger partial charge in [-0.05, 0) is 85.7 Å². The van der Waals surface area contributed by atoms with Crippen molar-refractivity contribution in [2.75, 3.05) is 0 Å². The quantitative estimate of drug-likeness (QED) is 0.671. The molecule has 0 aromatic rings. The maximum Gasteiger partial charge on any atom is 0.155 e. The van der Waals surface area contributed by atoms with Crippen LogP contribution in [-0.2, 0) is 4.79 Å². The fourth-order valence-corrected chi connectivity index (χ4v) is 6.94. The summed E-state index contributed by atoms with van der Waals surface area (Å²) in [6.45, 7) is 6.91. The molecule has 3 fully saturated rings. The second-order valence-corrected chi connectivity index (χ2v) is 8.92. The highest BCUT2D eigenvalue weighted by molar-refractivity contribution is 5.91. The molecule has 0 radical (unpaired) electrons. The van der Waals surface area contributed by atoms with Gasteiger partial charge in [0, 0.05) is 6.42 Å². The van der Waals surface area contributed by atoms with E-state index in [0.29, 0.717) is 17.6 Å². The zero-order chi connectivity index (χ0) is 16.4. The van der Waals surface area contributed by atoms with Crippen molar-refractivity contribution in [2.24, 2.45) is 28.6 Å². The molecule has 4 aliphatic rings. The molecule has 23 heavy (non-hydrogen) atoms. The summed E-state index contributed by atoms with van der Waals surface area (Å²) in [7, 11) is 0. The van der Waals surface area contributed by atoms with E-state index in [-0.39, 0.29) is 16.9 Å². The van der Waals surface area contributed by atoms with Gasteiger partial charge in [-0.3, -0.25) is 4.79 Å². The number of rotatable bonds is 0. The first-order valence-corrected chi connectivity index (χ1v) is 9.49. The number of aliphatic hydroxyl groups is 1. The van der Waals surface area contributed by atoms with Gasteiger partial charge in [0.15, 0.2) is 5.78 Å². The standard InChI is InChI=1S/C21H30O2/c1-4-16-19(23)12-18-15-6-5-13-11-14(22)7-9-20(13,2)17(15)8-10-21(16,18)3/h4,11,15,17-19,23H,5-10,12H2,1-3H3. The normalized spacial score (nSPS) is 51.0. The van der Waals surface area contributed by atoms with Crippen LogP contribution in [0.4, 0.5) is 0 Å². The summed E-state index contributed by atoms with van der Waals surface area (Å²) >= 11 is 0. The third kappa shape index (κ3) is 2.00. The van der Waals surface area contributed by atoms with E-state index in [9.17, 15) is 9.90 Å². The average molecular weight is 314 g/mol. The second kappa shape index (κ2) is 5.05. The molecule has 0 amide bonds. The molecule has 0 saturated heterocycles. The van der Waals surface area contributed by atoms with E-state index in [1.165, 1.54) is 30.4 Å². The molecule has 1 N–H and O–H groups in total. The Kier molecular flexibility index (Phi) is 3.43. The molecule has 4 aliphatic carbocycles. The van der Waals surface area contributed by atoms with Crippen LogP contribution in [0.3, 0.4) is 0 Å². The number of allylic oxidation sites excluding steroid dienone is 2. The molecule has 3 saturated carbocycles. The van der Waals surface area contributed by atoms with Gasteiger partial charge in [0.25, 0.3) is 0 Å². The molecule has 0 aromatic carbocycles. The van der Waals surface area contributed by atoms with Gasteiger partial charge in [-0.2, -0.15) is 0 Å². The van der Waals surface area contributed by atoms with Crippen LogP contribution in [0.15, 0.2) is 23.3 Å². The SMILES string of the molecule is CC=C1C(O)CC2C3CCC4=CC(=O)CCC4(C)C3CCC12C. The van der Waals surface area contributed by atoms with E-state index < -0.39 is 0 Å².